The molecule has 37 heavy (non-hydrogen) atoms. The molecule has 1 atom stereocenters. The maximum absolute atomic E-state index is 13.6. The van der Waals surface area contributed by atoms with E-state index in [9.17, 15) is 10.1 Å². The lowest BCUT2D eigenvalue weighted by Crippen LogP contribution is -2.44. The molecule has 2 saturated carbocycles. The molecule has 1 aromatic heterocycles. The standard InChI is InChI=1S/C29H31ClN6O/c1-18(32-15-19-5-3-6-19)21-9-24-25(26(30)10-21)16-36(27(24)37)23-8-4-7-22(11-23)29(12-20(13-29)14-31)28-34-33-17-35(28)2/h4,7-11,17-20,32H,3,5-6,12-13,15-16H2,1-2H3/t18-,20?,29?/m1/s1. The minimum absolute atomic E-state index is 0.0184. The molecule has 1 N–H and O–H groups in total. The normalized spacial score (nSPS) is 23.8. The van der Waals surface area contributed by atoms with E-state index in [0.29, 0.717) is 30.0 Å². The molecule has 0 unspecified atom stereocenters. The van der Waals surface area contributed by atoms with Crippen molar-refractivity contribution in [3.63, 3.8) is 0 Å². The smallest absolute Gasteiger partial charge is 0.258 e. The van der Waals surface area contributed by atoms with Crippen molar-refractivity contribution in [1.29, 1.82) is 5.26 Å². The Labute approximate surface area is 222 Å². The van der Waals surface area contributed by atoms with Crippen LogP contribution >= 0.6 is 11.6 Å². The van der Waals surface area contributed by atoms with Crippen LogP contribution in [0.15, 0.2) is 42.7 Å². The number of amides is 1. The van der Waals surface area contributed by atoms with Crippen molar-refractivity contribution >= 4 is 23.2 Å². The number of carbonyl (C=O) groups is 1. The minimum Gasteiger partial charge on any atom is -0.320 e. The van der Waals surface area contributed by atoms with Crippen molar-refractivity contribution in [3.8, 4) is 6.07 Å². The van der Waals surface area contributed by atoms with Crippen LogP contribution in [0.1, 0.15) is 77.9 Å². The summed E-state index contributed by atoms with van der Waals surface area (Å²) in [5.74, 6) is 1.57. The van der Waals surface area contributed by atoms with Gasteiger partial charge in [-0.25, -0.2) is 0 Å². The Morgan fingerprint density at radius 2 is 2.08 bits per heavy atom. The summed E-state index contributed by atoms with van der Waals surface area (Å²) in [5, 5.41) is 22.3. The molecule has 0 radical (unpaired) electrons. The van der Waals surface area contributed by atoms with Crippen LogP contribution in [0.25, 0.3) is 0 Å². The zero-order valence-electron chi connectivity index (χ0n) is 21.2. The van der Waals surface area contributed by atoms with E-state index in [1.54, 1.807) is 11.2 Å². The first kappa shape index (κ1) is 24.1. The topological polar surface area (TPSA) is 86.8 Å². The number of benzene rings is 2. The molecule has 2 aliphatic carbocycles. The zero-order valence-corrected chi connectivity index (χ0v) is 22.0. The summed E-state index contributed by atoms with van der Waals surface area (Å²) in [6, 6.07) is 14.6. The number of nitriles is 1. The van der Waals surface area contributed by atoms with Crippen LogP contribution in [0.2, 0.25) is 5.02 Å². The molecule has 8 heteroatoms. The summed E-state index contributed by atoms with van der Waals surface area (Å²) in [7, 11) is 1.93. The number of hydrogen-bond donors (Lipinski definition) is 1. The third kappa shape index (κ3) is 4.03. The van der Waals surface area contributed by atoms with Gasteiger partial charge >= 0.3 is 0 Å². The van der Waals surface area contributed by atoms with Crippen LogP contribution in [0, 0.1) is 23.2 Å². The van der Waals surface area contributed by atoms with E-state index in [4.69, 9.17) is 11.6 Å². The van der Waals surface area contributed by atoms with E-state index in [-0.39, 0.29) is 23.3 Å². The molecule has 2 aromatic carbocycles. The zero-order chi connectivity index (χ0) is 25.7. The lowest BCUT2D eigenvalue weighted by atomic mass is 9.58. The molecule has 1 amide bonds. The molecule has 2 fully saturated rings. The van der Waals surface area contributed by atoms with Gasteiger partial charge in [0.25, 0.3) is 5.91 Å². The fraction of sp³-hybridized carbons (Fsp3) is 0.448. The first-order valence-electron chi connectivity index (χ1n) is 13.1. The van der Waals surface area contributed by atoms with Crippen molar-refractivity contribution in [2.45, 2.75) is 57.0 Å². The predicted molar refractivity (Wildman–Crippen MR) is 142 cm³/mol. The van der Waals surface area contributed by atoms with E-state index in [2.05, 4.69) is 40.6 Å². The molecular formula is C29H31ClN6O. The van der Waals surface area contributed by atoms with Crippen LogP contribution in [-0.4, -0.2) is 27.2 Å². The number of carbonyl (C=O) groups excluding carboxylic acids is 1. The Bertz CT molecular complexity index is 1400. The number of nitrogens with zero attached hydrogens (tertiary/aromatic N) is 5. The van der Waals surface area contributed by atoms with Gasteiger partial charge in [0.2, 0.25) is 0 Å². The molecule has 0 spiro atoms. The molecule has 2 heterocycles. The fourth-order valence-corrected chi connectivity index (χ4v) is 6.40. The second-order valence-electron chi connectivity index (χ2n) is 11.0. The van der Waals surface area contributed by atoms with Gasteiger partial charge in [0, 0.05) is 40.8 Å². The van der Waals surface area contributed by atoms with E-state index in [1.165, 1.54) is 19.3 Å². The van der Waals surface area contributed by atoms with Crippen molar-refractivity contribution in [1.82, 2.24) is 20.1 Å². The molecule has 0 bridgehead atoms. The second-order valence-corrected chi connectivity index (χ2v) is 11.4. The van der Waals surface area contributed by atoms with Gasteiger partial charge in [-0.15, -0.1) is 10.2 Å². The molecule has 1 aliphatic heterocycles. The first-order chi connectivity index (χ1) is 17.9. The summed E-state index contributed by atoms with van der Waals surface area (Å²) >= 11 is 6.74. The SMILES string of the molecule is C[C@@H](NCC1CCC1)c1cc(Cl)c2c(c1)C(=O)N(c1cccc(C3(c4nncn4C)CC(C#N)C3)c1)C2. The van der Waals surface area contributed by atoms with E-state index in [1.807, 2.05) is 35.9 Å². The summed E-state index contributed by atoms with van der Waals surface area (Å²) in [5.41, 5.74) is 4.10. The number of rotatable bonds is 7. The largest absolute Gasteiger partial charge is 0.320 e. The molecule has 3 aliphatic rings. The van der Waals surface area contributed by atoms with Crippen molar-refractivity contribution in [3.05, 3.63) is 75.8 Å². The summed E-state index contributed by atoms with van der Waals surface area (Å²) in [6.07, 6.45) is 7.00. The van der Waals surface area contributed by atoms with Gasteiger partial charge in [0.1, 0.15) is 12.2 Å². The van der Waals surface area contributed by atoms with Crippen molar-refractivity contribution < 1.29 is 4.79 Å². The van der Waals surface area contributed by atoms with Gasteiger partial charge in [-0.3, -0.25) is 4.79 Å². The van der Waals surface area contributed by atoms with Crippen LogP contribution in [0.5, 0.6) is 0 Å². The first-order valence-corrected chi connectivity index (χ1v) is 13.5. The molecule has 3 aromatic rings. The van der Waals surface area contributed by atoms with E-state index < -0.39 is 0 Å². The van der Waals surface area contributed by atoms with Gasteiger partial charge in [-0.05, 0) is 80.5 Å². The van der Waals surface area contributed by atoms with Crippen LogP contribution in [0.3, 0.4) is 0 Å². The second kappa shape index (κ2) is 9.27. The Hall–Kier alpha value is -3.21. The number of aryl methyl sites for hydroxylation is 1. The number of hydrogen-bond acceptors (Lipinski definition) is 5. The molecule has 0 saturated heterocycles. The van der Waals surface area contributed by atoms with Crippen LogP contribution < -0.4 is 10.2 Å². The lowest BCUT2D eigenvalue weighted by Gasteiger charge is -2.44. The maximum Gasteiger partial charge on any atom is 0.258 e. The minimum atomic E-state index is -0.385. The fourth-order valence-electron chi connectivity index (χ4n) is 6.11. The summed E-state index contributed by atoms with van der Waals surface area (Å²) in [4.78, 5) is 15.5. The van der Waals surface area contributed by atoms with E-state index in [0.717, 1.165) is 40.7 Å². The van der Waals surface area contributed by atoms with Gasteiger partial charge < -0.3 is 14.8 Å². The van der Waals surface area contributed by atoms with Crippen LogP contribution in [-0.2, 0) is 19.0 Å². The summed E-state index contributed by atoms with van der Waals surface area (Å²) < 4.78 is 1.93. The Kier molecular flexibility index (Phi) is 6.05. The van der Waals surface area contributed by atoms with Crippen LogP contribution in [0.4, 0.5) is 5.69 Å². The molecule has 6 rings (SSSR count). The average molecular weight is 515 g/mol. The van der Waals surface area contributed by atoms with E-state index >= 15 is 0 Å². The number of fused-ring (bicyclic) bond motifs is 1. The Balaban J connectivity index is 1.28. The number of aromatic nitrogens is 3. The molecular weight excluding hydrogens is 484 g/mol. The van der Waals surface area contributed by atoms with Gasteiger partial charge in [0.05, 0.1) is 18.0 Å². The maximum atomic E-state index is 13.6. The van der Waals surface area contributed by atoms with Gasteiger partial charge in [-0.1, -0.05) is 30.2 Å². The van der Waals surface area contributed by atoms with Crippen molar-refractivity contribution in [2.75, 3.05) is 11.4 Å². The molecule has 7 nitrogen and oxygen atoms in total. The number of halogens is 1. The third-order valence-electron chi connectivity index (χ3n) is 8.67. The van der Waals surface area contributed by atoms with Gasteiger partial charge in [0.15, 0.2) is 0 Å². The van der Waals surface area contributed by atoms with Crippen molar-refractivity contribution in [2.24, 2.45) is 18.9 Å². The Morgan fingerprint density at radius 1 is 1.27 bits per heavy atom. The lowest BCUT2D eigenvalue weighted by molar-refractivity contribution is 0.0996. The third-order valence-corrected chi connectivity index (χ3v) is 9.01. The number of anilines is 1. The predicted octanol–water partition coefficient (Wildman–Crippen LogP) is 5.30. The Morgan fingerprint density at radius 3 is 2.76 bits per heavy atom. The number of nitrogens with one attached hydrogen (secondary N) is 1. The quantitative estimate of drug-likeness (QED) is 0.462. The summed E-state index contributed by atoms with van der Waals surface area (Å²) in [6.45, 7) is 3.58. The highest BCUT2D eigenvalue weighted by atomic mass is 35.5. The highest BCUT2D eigenvalue weighted by molar-refractivity contribution is 6.32. The molecule has 190 valence electrons. The highest BCUT2D eigenvalue weighted by Gasteiger charge is 2.50. The monoisotopic (exact) mass is 514 g/mol. The average Bonchev–Trinajstić information content (AvgIpc) is 3.42. The highest BCUT2D eigenvalue weighted by Crippen LogP contribution is 2.52. The van der Waals surface area contributed by atoms with Gasteiger partial charge in [-0.2, -0.15) is 5.26 Å².